The lowest BCUT2D eigenvalue weighted by Gasteiger charge is -2.10. The zero-order valence-corrected chi connectivity index (χ0v) is 11.4. The summed E-state index contributed by atoms with van der Waals surface area (Å²) in [5.74, 6) is -3.18. The van der Waals surface area contributed by atoms with E-state index in [1.165, 1.54) is 36.4 Å². The maximum absolute atomic E-state index is 12.1. The second kappa shape index (κ2) is 6.09. The van der Waals surface area contributed by atoms with Crippen molar-refractivity contribution in [2.75, 3.05) is 6.61 Å². The Morgan fingerprint density at radius 3 is 2.41 bits per heavy atom. The molecule has 0 bridgehead atoms. The predicted octanol–water partition coefficient (Wildman–Crippen LogP) is 2.58. The van der Waals surface area contributed by atoms with Crippen molar-refractivity contribution in [1.82, 2.24) is 0 Å². The van der Waals surface area contributed by atoms with Gasteiger partial charge in [0.05, 0.1) is 16.7 Å². The Hall–Kier alpha value is -3.15. The van der Waals surface area contributed by atoms with Crippen LogP contribution in [0.4, 0.5) is 0 Å². The number of hydrogen-bond donors (Lipinski definition) is 2. The molecule has 0 radical (unpaired) electrons. The molecule has 6 nitrogen and oxygen atoms in total. The van der Waals surface area contributed by atoms with Crippen molar-refractivity contribution in [2.45, 2.75) is 0 Å². The lowest BCUT2D eigenvalue weighted by Crippen LogP contribution is -2.12. The molecule has 0 atom stereocenters. The maximum atomic E-state index is 12.1. The molecular weight excluding hydrogens is 288 g/mol. The first-order valence-corrected chi connectivity index (χ1v) is 6.27. The van der Waals surface area contributed by atoms with Gasteiger partial charge in [-0.05, 0) is 29.0 Å². The van der Waals surface area contributed by atoms with Crippen molar-refractivity contribution in [3.8, 4) is 0 Å². The number of hydrogen-bond acceptors (Lipinski definition) is 4. The van der Waals surface area contributed by atoms with Gasteiger partial charge < -0.3 is 14.9 Å². The molecular formula is C16H12O6. The van der Waals surface area contributed by atoms with Gasteiger partial charge in [0.1, 0.15) is 6.61 Å². The minimum atomic E-state index is -1.27. The topological polar surface area (TPSA) is 101 Å². The summed E-state index contributed by atoms with van der Waals surface area (Å²) in [6.07, 6.45) is 1.37. The van der Waals surface area contributed by atoms with Crippen LogP contribution in [0.3, 0.4) is 0 Å². The van der Waals surface area contributed by atoms with Crippen LogP contribution in [0, 0.1) is 0 Å². The molecule has 0 aromatic heterocycles. The van der Waals surface area contributed by atoms with E-state index in [9.17, 15) is 19.5 Å². The molecule has 2 aromatic rings. The van der Waals surface area contributed by atoms with E-state index in [2.05, 4.69) is 6.58 Å². The fourth-order valence-electron chi connectivity index (χ4n) is 2.07. The first kappa shape index (κ1) is 15.2. The van der Waals surface area contributed by atoms with Crippen LogP contribution in [-0.4, -0.2) is 34.7 Å². The van der Waals surface area contributed by atoms with E-state index in [1.807, 2.05) is 0 Å². The van der Waals surface area contributed by atoms with Gasteiger partial charge in [0, 0.05) is 0 Å². The Labute approximate surface area is 125 Å². The van der Waals surface area contributed by atoms with Gasteiger partial charge in [-0.15, -0.1) is 0 Å². The molecule has 0 spiro atoms. The van der Waals surface area contributed by atoms with Crippen LogP contribution in [0.5, 0.6) is 0 Å². The molecule has 6 heteroatoms. The quantitative estimate of drug-likeness (QED) is 0.650. The van der Waals surface area contributed by atoms with Crippen LogP contribution in [0.15, 0.2) is 43.0 Å². The third-order valence-electron chi connectivity index (χ3n) is 3.03. The second-order valence-electron chi connectivity index (χ2n) is 4.42. The van der Waals surface area contributed by atoms with Crippen molar-refractivity contribution < 1.29 is 29.3 Å². The fraction of sp³-hybridized carbons (Fsp3) is 0.0625. The molecule has 112 valence electrons. The summed E-state index contributed by atoms with van der Waals surface area (Å²) in [5.41, 5.74) is -0.269. The smallest absolute Gasteiger partial charge is 0.339 e. The Bertz CT molecular complexity index is 791. The van der Waals surface area contributed by atoms with Crippen molar-refractivity contribution in [3.63, 3.8) is 0 Å². The molecule has 0 fully saturated rings. The first-order chi connectivity index (χ1) is 10.5. The van der Waals surface area contributed by atoms with E-state index in [4.69, 9.17) is 9.84 Å². The van der Waals surface area contributed by atoms with Crippen LogP contribution in [0.25, 0.3) is 10.8 Å². The average Bonchev–Trinajstić information content (AvgIpc) is 2.50. The molecule has 22 heavy (non-hydrogen) atoms. The third-order valence-corrected chi connectivity index (χ3v) is 3.03. The molecule has 0 aliphatic rings. The van der Waals surface area contributed by atoms with Crippen LogP contribution >= 0.6 is 0 Å². The van der Waals surface area contributed by atoms with Gasteiger partial charge in [-0.3, -0.25) is 0 Å². The van der Waals surface area contributed by atoms with Gasteiger partial charge in [0.25, 0.3) is 0 Å². The number of carbonyl (C=O) groups is 3. The van der Waals surface area contributed by atoms with Gasteiger partial charge in [0.15, 0.2) is 0 Å². The molecule has 0 unspecified atom stereocenters. The first-order valence-electron chi connectivity index (χ1n) is 6.27. The molecule has 2 rings (SSSR count). The van der Waals surface area contributed by atoms with E-state index >= 15 is 0 Å². The number of carbonyl (C=O) groups excluding carboxylic acids is 1. The highest BCUT2D eigenvalue weighted by molar-refractivity contribution is 6.13. The number of esters is 1. The van der Waals surface area contributed by atoms with Gasteiger partial charge in [-0.1, -0.05) is 24.8 Å². The molecule has 0 aliphatic heterocycles. The number of ether oxygens (including phenoxy) is 1. The van der Waals surface area contributed by atoms with Crippen LogP contribution in [0.1, 0.15) is 31.1 Å². The summed E-state index contributed by atoms with van der Waals surface area (Å²) in [6, 6.07) is 6.78. The minimum absolute atomic E-state index is 0.0426. The molecule has 2 N–H and O–H groups in total. The molecule has 0 heterocycles. The normalized spacial score (nSPS) is 10.2. The van der Waals surface area contributed by atoms with Crippen LogP contribution in [-0.2, 0) is 4.74 Å². The highest BCUT2D eigenvalue weighted by Crippen LogP contribution is 2.25. The van der Waals surface area contributed by atoms with Crippen LogP contribution in [0.2, 0.25) is 0 Å². The number of benzene rings is 2. The van der Waals surface area contributed by atoms with Gasteiger partial charge in [-0.2, -0.15) is 0 Å². The van der Waals surface area contributed by atoms with E-state index < -0.39 is 17.9 Å². The predicted molar refractivity (Wildman–Crippen MR) is 78.3 cm³/mol. The standard InChI is InChI=1S/C16H12O6/c1-2-7-22-16(21)13-11-5-4-10(14(17)18)8-9(11)3-6-12(13)15(19)20/h2-6,8H,1,7H2,(H,17,18)(H,19,20). The highest BCUT2D eigenvalue weighted by atomic mass is 16.5. The van der Waals surface area contributed by atoms with E-state index in [1.54, 1.807) is 0 Å². The van der Waals surface area contributed by atoms with Crippen molar-refractivity contribution in [1.29, 1.82) is 0 Å². The number of rotatable bonds is 5. The Kier molecular flexibility index (Phi) is 4.22. The van der Waals surface area contributed by atoms with Crippen LogP contribution < -0.4 is 0 Å². The molecule has 0 aliphatic carbocycles. The zero-order chi connectivity index (χ0) is 16.3. The second-order valence-corrected chi connectivity index (χ2v) is 4.42. The molecule has 0 saturated heterocycles. The summed E-state index contributed by atoms with van der Waals surface area (Å²) < 4.78 is 4.92. The fourth-order valence-corrected chi connectivity index (χ4v) is 2.07. The SMILES string of the molecule is C=CCOC(=O)c1c(C(=O)O)ccc2cc(C(=O)O)ccc12. The molecule has 0 amide bonds. The lowest BCUT2D eigenvalue weighted by molar-refractivity contribution is 0.0539. The van der Waals surface area contributed by atoms with E-state index in [-0.39, 0.29) is 23.3 Å². The van der Waals surface area contributed by atoms with Crippen molar-refractivity contribution in [3.05, 3.63) is 59.7 Å². The van der Waals surface area contributed by atoms with Crippen molar-refractivity contribution >= 4 is 28.7 Å². The molecule has 0 saturated carbocycles. The van der Waals surface area contributed by atoms with Gasteiger partial charge in [0.2, 0.25) is 0 Å². The zero-order valence-electron chi connectivity index (χ0n) is 11.4. The average molecular weight is 300 g/mol. The Balaban J connectivity index is 2.69. The minimum Gasteiger partial charge on any atom is -0.478 e. The van der Waals surface area contributed by atoms with Gasteiger partial charge in [-0.25, -0.2) is 14.4 Å². The monoisotopic (exact) mass is 300 g/mol. The van der Waals surface area contributed by atoms with E-state index in [0.717, 1.165) is 0 Å². The van der Waals surface area contributed by atoms with Crippen molar-refractivity contribution in [2.24, 2.45) is 0 Å². The van der Waals surface area contributed by atoms with Gasteiger partial charge >= 0.3 is 17.9 Å². The summed E-state index contributed by atoms with van der Waals surface area (Å²) in [7, 11) is 0. The summed E-state index contributed by atoms with van der Waals surface area (Å²) >= 11 is 0. The number of aromatic carboxylic acids is 2. The summed E-state index contributed by atoms with van der Waals surface area (Å²) in [6.45, 7) is 3.36. The number of fused-ring (bicyclic) bond motifs is 1. The Morgan fingerprint density at radius 2 is 1.82 bits per heavy atom. The summed E-state index contributed by atoms with van der Waals surface area (Å²) in [5, 5.41) is 19.0. The largest absolute Gasteiger partial charge is 0.478 e. The Morgan fingerprint density at radius 1 is 1.09 bits per heavy atom. The third kappa shape index (κ3) is 2.80. The number of carboxylic acid groups (broad SMARTS) is 2. The maximum Gasteiger partial charge on any atom is 0.339 e. The summed E-state index contributed by atoms with van der Waals surface area (Å²) in [4.78, 5) is 34.4. The highest BCUT2D eigenvalue weighted by Gasteiger charge is 2.21. The number of carboxylic acids is 2. The lowest BCUT2D eigenvalue weighted by atomic mass is 9.97. The van der Waals surface area contributed by atoms with E-state index in [0.29, 0.717) is 10.8 Å². The molecule has 2 aromatic carbocycles.